The number of rotatable bonds is 6. The highest BCUT2D eigenvalue weighted by molar-refractivity contribution is 8.00. The van der Waals surface area contributed by atoms with Crippen LogP contribution in [-0.2, 0) is 16.6 Å². The molecule has 0 aliphatic heterocycles. The van der Waals surface area contributed by atoms with E-state index in [0.717, 1.165) is 21.6 Å². The van der Waals surface area contributed by atoms with Gasteiger partial charge in [0, 0.05) is 11.1 Å². The summed E-state index contributed by atoms with van der Waals surface area (Å²) in [5.74, 6) is -0.428. The van der Waals surface area contributed by atoms with Gasteiger partial charge < -0.3 is 5.11 Å². The molecule has 3 aromatic rings. The molecule has 1 aromatic carbocycles. The zero-order valence-electron chi connectivity index (χ0n) is 15.3. The molecule has 0 spiro atoms. The Morgan fingerprint density at radius 2 is 1.87 bits per heavy atom. The Bertz CT molecular complexity index is 1220. The summed E-state index contributed by atoms with van der Waals surface area (Å²) >= 11 is -0.291. The van der Waals surface area contributed by atoms with E-state index in [1.165, 1.54) is 42.7 Å². The van der Waals surface area contributed by atoms with E-state index in [2.05, 4.69) is 9.71 Å². The first kappa shape index (κ1) is 21.8. The van der Waals surface area contributed by atoms with Crippen LogP contribution in [0.4, 0.5) is 18.9 Å². The molecule has 13 heteroatoms. The van der Waals surface area contributed by atoms with Gasteiger partial charge in [0.2, 0.25) is 15.9 Å². The number of hydrogen-bond acceptors (Lipinski definition) is 6. The first-order chi connectivity index (χ1) is 13.9. The minimum absolute atomic E-state index is 0.0634. The van der Waals surface area contributed by atoms with Crippen molar-refractivity contribution in [2.24, 2.45) is 0 Å². The molecule has 3 rings (SSSR count). The van der Waals surface area contributed by atoms with Crippen LogP contribution < -0.4 is 10.4 Å². The van der Waals surface area contributed by atoms with Crippen LogP contribution in [0.1, 0.15) is 5.56 Å². The van der Waals surface area contributed by atoms with Crippen molar-refractivity contribution in [2.45, 2.75) is 16.9 Å². The van der Waals surface area contributed by atoms with Gasteiger partial charge in [-0.15, -0.1) is 0 Å². The van der Waals surface area contributed by atoms with Gasteiger partial charge in [-0.2, -0.15) is 13.2 Å². The molecule has 2 heterocycles. The standard InChI is InChI=1S/C17H15F3N4O4S2/c1-30(27,28)22-14-8-21-7-6-11(14)9-23-10-15(25)24(16(23)26)12-2-4-13(5-3-12)29-17(18,19)20/h2-8,10,22,25H,9H2,1H3. The van der Waals surface area contributed by atoms with Crippen molar-refractivity contribution in [3.05, 3.63) is 65.0 Å². The average molecular weight is 460 g/mol. The van der Waals surface area contributed by atoms with Crippen LogP contribution >= 0.6 is 11.8 Å². The molecule has 0 aliphatic rings. The van der Waals surface area contributed by atoms with Crippen LogP contribution in [0.2, 0.25) is 0 Å². The molecule has 0 radical (unpaired) electrons. The van der Waals surface area contributed by atoms with Gasteiger partial charge in [-0.05, 0) is 47.7 Å². The topological polar surface area (TPSA) is 106 Å². The number of aromatic hydroxyl groups is 1. The Hall–Kier alpha value is -2.93. The van der Waals surface area contributed by atoms with Crippen LogP contribution in [0.5, 0.6) is 5.88 Å². The van der Waals surface area contributed by atoms with Gasteiger partial charge in [0.25, 0.3) is 0 Å². The second-order valence-corrected chi connectivity index (χ2v) is 9.07. The number of benzene rings is 1. The molecule has 0 aliphatic carbocycles. The lowest BCUT2D eigenvalue weighted by molar-refractivity contribution is -0.0328. The first-order valence-electron chi connectivity index (χ1n) is 8.21. The number of pyridine rings is 1. The zero-order valence-corrected chi connectivity index (χ0v) is 16.9. The number of thioether (sulfide) groups is 1. The van der Waals surface area contributed by atoms with Crippen LogP contribution in [0.15, 0.2) is 58.6 Å². The van der Waals surface area contributed by atoms with Crippen LogP contribution in [0, 0.1) is 0 Å². The number of nitrogens with zero attached hydrogens (tertiary/aromatic N) is 3. The van der Waals surface area contributed by atoms with E-state index < -0.39 is 27.1 Å². The molecule has 30 heavy (non-hydrogen) atoms. The van der Waals surface area contributed by atoms with Gasteiger partial charge in [0.05, 0.1) is 36.6 Å². The largest absolute Gasteiger partial charge is 0.493 e. The SMILES string of the molecule is CS(=O)(=O)Nc1cnccc1Cn1cc(O)n(-c2ccc(SC(F)(F)F)cc2)c1=O. The molecule has 2 aromatic heterocycles. The normalized spacial score (nSPS) is 12.1. The summed E-state index contributed by atoms with van der Waals surface area (Å²) in [6.45, 7) is -0.0816. The summed E-state index contributed by atoms with van der Waals surface area (Å²) in [6, 6.07) is 6.45. The monoisotopic (exact) mass is 460 g/mol. The number of hydrogen-bond donors (Lipinski definition) is 2. The van der Waals surface area contributed by atoms with Crippen molar-refractivity contribution in [1.82, 2.24) is 14.1 Å². The lowest BCUT2D eigenvalue weighted by Crippen LogP contribution is -2.24. The number of anilines is 1. The molecule has 160 valence electrons. The lowest BCUT2D eigenvalue weighted by Gasteiger charge is -2.10. The molecule has 0 atom stereocenters. The second kappa shape index (κ2) is 8.07. The molecule has 0 saturated carbocycles. The third-order valence-corrected chi connectivity index (χ3v) is 5.14. The van der Waals surface area contributed by atoms with Crippen molar-refractivity contribution in [1.29, 1.82) is 0 Å². The van der Waals surface area contributed by atoms with Crippen LogP contribution in [0.25, 0.3) is 5.69 Å². The van der Waals surface area contributed by atoms with E-state index >= 15 is 0 Å². The Labute approximate surface area is 173 Å². The van der Waals surface area contributed by atoms with Gasteiger partial charge >= 0.3 is 11.2 Å². The van der Waals surface area contributed by atoms with E-state index in [1.807, 2.05) is 0 Å². The van der Waals surface area contributed by atoms with Gasteiger partial charge in [0.15, 0.2) is 0 Å². The molecule has 0 fully saturated rings. The molecule has 0 amide bonds. The number of nitrogens with one attached hydrogen (secondary N) is 1. The highest BCUT2D eigenvalue weighted by Crippen LogP contribution is 2.37. The highest BCUT2D eigenvalue weighted by atomic mass is 32.2. The number of sulfonamides is 1. The van der Waals surface area contributed by atoms with Crippen molar-refractivity contribution in [3.63, 3.8) is 0 Å². The minimum atomic E-state index is -4.44. The van der Waals surface area contributed by atoms with E-state index in [9.17, 15) is 31.5 Å². The summed E-state index contributed by atoms with van der Waals surface area (Å²) in [7, 11) is -3.58. The lowest BCUT2D eigenvalue weighted by atomic mass is 10.2. The average Bonchev–Trinajstić information content (AvgIpc) is 2.89. The Balaban J connectivity index is 1.92. The van der Waals surface area contributed by atoms with Crippen molar-refractivity contribution in [3.8, 4) is 11.6 Å². The van der Waals surface area contributed by atoms with Crippen LogP contribution in [0.3, 0.4) is 0 Å². The minimum Gasteiger partial charge on any atom is -0.493 e. The molecular formula is C17H15F3N4O4S2. The predicted octanol–water partition coefficient (Wildman–Crippen LogP) is 2.77. The first-order valence-corrected chi connectivity index (χ1v) is 10.9. The Kier molecular flexibility index (Phi) is 5.85. The fourth-order valence-corrected chi connectivity index (χ4v) is 3.79. The van der Waals surface area contributed by atoms with E-state index in [0.29, 0.717) is 5.56 Å². The van der Waals surface area contributed by atoms with E-state index in [4.69, 9.17) is 0 Å². The van der Waals surface area contributed by atoms with Crippen molar-refractivity contribution < 1.29 is 26.7 Å². The molecule has 2 N–H and O–H groups in total. The summed E-state index contributed by atoms with van der Waals surface area (Å²) in [5.41, 5.74) is -4.33. The fraction of sp³-hybridized carbons (Fsp3) is 0.176. The Morgan fingerprint density at radius 3 is 2.47 bits per heavy atom. The third kappa shape index (κ3) is 5.36. The van der Waals surface area contributed by atoms with Crippen LogP contribution in [-0.4, -0.2) is 39.4 Å². The number of aromatic nitrogens is 3. The maximum atomic E-state index is 12.7. The quantitative estimate of drug-likeness (QED) is 0.548. The summed E-state index contributed by atoms with van der Waals surface area (Å²) in [6.07, 6.45) is 4.82. The van der Waals surface area contributed by atoms with Crippen molar-refractivity contribution >= 4 is 27.5 Å². The maximum absolute atomic E-state index is 12.7. The maximum Gasteiger partial charge on any atom is 0.446 e. The summed E-state index contributed by atoms with van der Waals surface area (Å²) in [5, 5.41) is 10.2. The van der Waals surface area contributed by atoms with Gasteiger partial charge in [-0.1, -0.05) is 0 Å². The van der Waals surface area contributed by atoms with Crippen molar-refractivity contribution in [2.75, 3.05) is 11.0 Å². The summed E-state index contributed by atoms with van der Waals surface area (Å²) < 4.78 is 64.7. The van der Waals surface area contributed by atoms with Gasteiger partial charge in [0.1, 0.15) is 0 Å². The zero-order chi connectivity index (χ0) is 22.1. The molecule has 0 unspecified atom stereocenters. The molecule has 0 saturated heterocycles. The molecule has 8 nitrogen and oxygen atoms in total. The number of imidazole rings is 1. The van der Waals surface area contributed by atoms with E-state index in [-0.39, 0.29) is 34.6 Å². The number of alkyl halides is 3. The third-order valence-electron chi connectivity index (χ3n) is 3.81. The highest BCUT2D eigenvalue weighted by Gasteiger charge is 2.29. The molecular weight excluding hydrogens is 445 g/mol. The number of halogens is 3. The second-order valence-electron chi connectivity index (χ2n) is 6.18. The smallest absolute Gasteiger partial charge is 0.446 e. The fourth-order valence-electron chi connectivity index (χ4n) is 2.67. The molecule has 0 bridgehead atoms. The van der Waals surface area contributed by atoms with E-state index in [1.54, 1.807) is 0 Å². The summed E-state index contributed by atoms with van der Waals surface area (Å²) in [4.78, 5) is 16.5. The van der Waals surface area contributed by atoms with Gasteiger partial charge in [-0.25, -0.2) is 17.8 Å². The Morgan fingerprint density at radius 1 is 1.20 bits per heavy atom. The predicted molar refractivity (Wildman–Crippen MR) is 105 cm³/mol. The van der Waals surface area contributed by atoms with Gasteiger partial charge in [-0.3, -0.25) is 14.3 Å².